The normalized spacial score (nSPS) is 17.2. The third kappa shape index (κ3) is 5.22. The Kier molecular flexibility index (Phi) is 6.84. The highest BCUT2D eigenvalue weighted by atomic mass is 16.5. The lowest BCUT2D eigenvalue weighted by Crippen LogP contribution is -2.22. The Bertz CT molecular complexity index is 911. The highest BCUT2D eigenvalue weighted by molar-refractivity contribution is 5.88. The van der Waals surface area contributed by atoms with Crippen LogP contribution in [0.25, 0.3) is 0 Å². The molecule has 0 amide bonds. The molecule has 0 fully saturated rings. The van der Waals surface area contributed by atoms with Crippen molar-refractivity contribution in [2.75, 3.05) is 0 Å². The van der Waals surface area contributed by atoms with Gasteiger partial charge in [-0.3, -0.25) is 0 Å². The average Bonchev–Trinajstić information content (AvgIpc) is 3.34. The summed E-state index contributed by atoms with van der Waals surface area (Å²) in [6, 6.07) is 4.13. The zero-order valence-electron chi connectivity index (χ0n) is 16.4. The van der Waals surface area contributed by atoms with Crippen LogP contribution in [0.15, 0.2) is 82.8 Å². The van der Waals surface area contributed by atoms with E-state index in [0.717, 1.165) is 43.7 Å². The second-order valence-corrected chi connectivity index (χ2v) is 6.94. The molecule has 5 nitrogen and oxygen atoms in total. The summed E-state index contributed by atoms with van der Waals surface area (Å²) < 4.78 is 7.74. The Morgan fingerprint density at radius 1 is 1.46 bits per heavy atom. The van der Waals surface area contributed by atoms with Crippen molar-refractivity contribution < 1.29 is 4.52 Å². The van der Waals surface area contributed by atoms with Gasteiger partial charge in [-0.1, -0.05) is 41.1 Å². The Morgan fingerprint density at radius 2 is 2.36 bits per heavy atom. The SMILES string of the molecule is C=CC/C=C(\C=C/C)CCn1ccc(Cc2cc(C3CC=CN=C3N)on2)c1. The summed E-state index contributed by atoms with van der Waals surface area (Å²) in [4.78, 5) is 4.16. The van der Waals surface area contributed by atoms with Crippen LogP contribution in [0.5, 0.6) is 0 Å². The van der Waals surface area contributed by atoms with Crippen LogP contribution >= 0.6 is 0 Å². The Labute approximate surface area is 166 Å². The van der Waals surface area contributed by atoms with Crippen LogP contribution in [0, 0.1) is 0 Å². The van der Waals surface area contributed by atoms with Gasteiger partial charge in [0.05, 0.1) is 11.6 Å². The van der Waals surface area contributed by atoms with Crippen molar-refractivity contribution in [1.29, 1.82) is 0 Å². The predicted octanol–water partition coefficient (Wildman–Crippen LogP) is 4.89. The number of nitrogens with zero attached hydrogens (tertiary/aromatic N) is 3. The summed E-state index contributed by atoms with van der Waals surface area (Å²) in [5.74, 6) is 1.35. The van der Waals surface area contributed by atoms with Gasteiger partial charge in [0.1, 0.15) is 11.6 Å². The van der Waals surface area contributed by atoms with Gasteiger partial charge in [-0.05, 0) is 37.8 Å². The molecule has 3 rings (SSSR count). The molecular weight excluding hydrogens is 348 g/mol. The maximum atomic E-state index is 5.98. The number of aromatic nitrogens is 2. The van der Waals surface area contributed by atoms with Crippen molar-refractivity contribution in [1.82, 2.24) is 9.72 Å². The van der Waals surface area contributed by atoms with Gasteiger partial charge in [0, 0.05) is 37.6 Å². The van der Waals surface area contributed by atoms with E-state index >= 15 is 0 Å². The first-order valence-electron chi connectivity index (χ1n) is 9.70. The van der Waals surface area contributed by atoms with Crippen LogP contribution in [0.4, 0.5) is 0 Å². The molecule has 0 spiro atoms. The second-order valence-electron chi connectivity index (χ2n) is 6.94. The minimum Gasteiger partial charge on any atom is -0.387 e. The summed E-state index contributed by atoms with van der Waals surface area (Å²) in [6.45, 7) is 6.78. The molecule has 1 aliphatic rings. The first-order chi connectivity index (χ1) is 13.7. The van der Waals surface area contributed by atoms with Gasteiger partial charge < -0.3 is 14.8 Å². The Hall–Kier alpha value is -3.08. The van der Waals surface area contributed by atoms with E-state index in [4.69, 9.17) is 10.3 Å². The number of rotatable bonds is 9. The molecule has 5 heteroatoms. The molecule has 2 N–H and O–H groups in total. The summed E-state index contributed by atoms with van der Waals surface area (Å²) in [6.07, 6.45) is 19.9. The first-order valence-corrected chi connectivity index (χ1v) is 9.70. The van der Waals surface area contributed by atoms with Gasteiger partial charge in [0.15, 0.2) is 0 Å². The van der Waals surface area contributed by atoms with E-state index in [2.05, 4.69) is 58.0 Å². The monoisotopic (exact) mass is 376 g/mol. The predicted molar refractivity (Wildman–Crippen MR) is 114 cm³/mol. The van der Waals surface area contributed by atoms with E-state index in [1.54, 1.807) is 6.20 Å². The van der Waals surface area contributed by atoms with Crippen LogP contribution < -0.4 is 5.73 Å². The molecule has 1 unspecified atom stereocenters. The molecule has 0 radical (unpaired) electrons. The lowest BCUT2D eigenvalue weighted by molar-refractivity contribution is 0.372. The molecule has 1 atom stereocenters. The van der Waals surface area contributed by atoms with Gasteiger partial charge in [-0.25, -0.2) is 4.99 Å². The molecular formula is C23H28N4O. The maximum absolute atomic E-state index is 5.98. The molecule has 0 aromatic carbocycles. The minimum atomic E-state index is -0.0109. The average molecular weight is 377 g/mol. The van der Waals surface area contributed by atoms with E-state index in [9.17, 15) is 0 Å². The molecule has 146 valence electrons. The quantitative estimate of drug-likeness (QED) is 0.500. The molecule has 0 aliphatic carbocycles. The number of amidine groups is 1. The summed E-state index contributed by atoms with van der Waals surface area (Å²) in [5.41, 5.74) is 9.44. The minimum absolute atomic E-state index is 0.0109. The van der Waals surface area contributed by atoms with Crippen molar-refractivity contribution in [3.05, 3.63) is 90.3 Å². The fourth-order valence-electron chi connectivity index (χ4n) is 3.29. The molecule has 1 aliphatic heterocycles. The molecule has 3 heterocycles. The number of aryl methyl sites for hydroxylation is 1. The zero-order chi connectivity index (χ0) is 19.8. The molecule has 0 saturated carbocycles. The van der Waals surface area contributed by atoms with Crippen LogP contribution in [-0.2, 0) is 13.0 Å². The third-order valence-electron chi connectivity index (χ3n) is 4.76. The standard InChI is InChI=1S/C23H28N4O/c1-3-5-8-18(7-4-2)10-13-27-14-11-19(17-27)15-20-16-22(28-26-20)21-9-6-12-25-23(21)24/h3-4,6-8,11-12,14,16-17,21H,1,5,9-10,13,15H2,2H3,(H2,24,25)/b7-4-,18-8+. The maximum Gasteiger partial charge on any atom is 0.147 e. The number of hydrogen-bond acceptors (Lipinski definition) is 4. The first kappa shape index (κ1) is 19.7. The Balaban J connectivity index is 1.58. The van der Waals surface area contributed by atoms with Crippen LogP contribution in [0.2, 0.25) is 0 Å². The number of nitrogens with two attached hydrogens (primary N) is 1. The zero-order valence-corrected chi connectivity index (χ0v) is 16.4. The van der Waals surface area contributed by atoms with E-state index in [-0.39, 0.29) is 5.92 Å². The summed E-state index contributed by atoms with van der Waals surface area (Å²) in [5, 5.41) is 4.22. The van der Waals surface area contributed by atoms with Gasteiger partial charge >= 0.3 is 0 Å². The number of hydrogen-bond donors (Lipinski definition) is 1. The molecule has 28 heavy (non-hydrogen) atoms. The molecule has 2 aromatic rings. The second kappa shape index (κ2) is 9.74. The van der Waals surface area contributed by atoms with Gasteiger partial charge in [0.25, 0.3) is 0 Å². The smallest absolute Gasteiger partial charge is 0.147 e. The van der Waals surface area contributed by atoms with Crippen molar-refractivity contribution >= 4 is 5.84 Å². The van der Waals surface area contributed by atoms with Crippen LogP contribution in [0.1, 0.15) is 49.1 Å². The van der Waals surface area contributed by atoms with Crippen molar-refractivity contribution in [3.8, 4) is 0 Å². The topological polar surface area (TPSA) is 69.3 Å². The molecule has 0 saturated heterocycles. The highest BCUT2D eigenvalue weighted by Crippen LogP contribution is 2.24. The van der Waals surface area contributed by atoms with Gasteiger partial charge in [-0.15, -0.1) is 6.58 Å². The molecule has 2 aromatic heterocycles. The van der Waals surface area contributed by atoms with E-state index in [1.165, 1.54) is 11.1 Å². The van der Waals surface area contributed by atoms with Crippen LogP contribution in [0.3, 0.4) is 0 Å². The Morgan fingerprint density at radius 3 is 3.14 bits per heavy atom. The van der Waals surface area contributed by atoms with E-state index < -0.39 is 0 Å². The van der Waals surface area contributed by atoms with Crippen LogP contribution in [-0.4, -0.2) is 15.6 Å². The fraction of sp³-hybridized carbons (Fsp3) is 0.304. The van der Waals surface area contributed by atoms with Crippen molar-refractivity contribution in [2.24, 2.45) is 10.7 Å². The highest BCUT2D eigenvalue weighted by Gasteiger charge is 2.21. The van der Waals surface area contributed by atoms with E-state index in [0.29, 0.717) is 5.84 Å². The summed E-state index contributed by atoms with van der Waals surface area (Å²) in [7, 11) is 0. The van der Waals surface area contributed by atoms with Crippen molar-refractivity contribution in [3.63, 3.8) is 0 Å². The largest absolute Gasteiger partial charge is 0.387 e. The summed E-state index contributed by atoms with van der Waals surface area (Å²) >= 11 is 0. The lowest BCUT2D eigenvalue weighted by atomic mass is 9.99. The fourth-order valence-corrected chi connectivity index (χ4v) is 3.29. The molecule has 0 bridgehead atoms. The third-order valence-corrected chi connectivity index (χ3v) is 4.76. The van der Waals surface area contributed by atoms with Gasteiger partial charge in [-0.2, -0.15) is 0 Å². The number of aliphatic imine (C=N–C) groups is 1. The lowest BCUT2D eigenvalue weighted by Gasteiger charge is -2.12. The van der Waals surface area contributed by atoms with Gasteiger partial charge in [0.2, 0.25) is 0 Å². The van der Waals surface area contributed by atoms with E-state index in [1.807, 2.05) is 25.1 Å². The number of allylic oxidation sites excluding steroid dienone is 6. The van der Waals surface area contributed by atoms with Crippen molar-refractivity contribution in [2.45, 2.75) is 45.1 Å².